The van der Waals surface area contributed by atoms with Crippen LogP contribution in [0.15, 0.2) is 24.3 Å². The van der Waals surface area contributed by atoms with Crippen molar-refractivity contribution in [3.63, 3.8) is 0 Å². The molecule has 0 saturated heterocycles. The fraction of sp³-hybridized carbons (Fsp3) is 0.417. The molecule has 1 aromatic rings. The van der Waals surface area contributed by atoms with Crippen LogP contribution in [-0.2, 0) is 9.53 Å². The molecule has 7 heteroatoms. The van der Waals surface area contributed by atoms with Gasteiger partial charge < -0.3 is 10.5 Å². The molecule has 0 radical (unpaired) electrons. The Morgan fingerprint density at radius 2 is 2.00 bits per heavy atom. The monoisotopic (exact) mass is 288 g/mol. The van der Waals surface area contributed by atoms with Crippen LogP contribution in [0, 0.1) is 10.1 Å². The predicted octanol–water partition coefficient (Wildman–Crippen LogP) is 2.01. The SMILES string of the molecule is CCOC(=O)C(CCN)c1ccc([N+](=O)[O-])cc1.Cl. The van der Waals surface area contributed by atoms with Crippen molar-refractivity contribution in [2.24, 2.45) is 5.73 Å². The predicted molar refractivity (Wildman–Crippen MR) is 73.4 cm³/mol. The van der Waals surface area contributed by atoms with Gasteiger partial charge in [-0.2, -0.15) is 0 Å². The summed E-state index contributed by atoms with van der Waals surface area (Å²) in [7, 11) is 0. The van der Waals surface area contributed by atoms with Gasteiger partial charge in [-0.3, -0.25) is 14.9 Å². The number of non-ortho nitro benzene ring substituents is 1. The molecule has 19 heavy (non-hydrogen) atoms. The summed E-state index contributed by atoms with van der Waals surface area (Å²) in [6, 6.07) is 5.88. The summed E-state index contributed by atoms with van der Waals surface area (Å²) >= 11 is 0. The lowest BCUT2D eigenvalue weighted by atomic mass is 9.95. The molecule has 1 atom stereocenters. The maximum atomic E-state index is 11.7. The van der Waals surface area contributed by atoms with Crippen LogP contribution in [0.1, 0.15) is 24.8 Å². The first-order chi connectivity index (χ1) is 8.60. The van der Waals surface area contributed by atoms with Crippen molar-refractivity contribution in [3.05, 3.63) is 39.9 Å². The maximum absolute atomic E-state index is 11.7. The van der Waals surface area contributed by atoms with Gasteiger partial charge in [0, 0.05) is 12.1 Å². The molecule has 1 unspecified atom stereocenters. The summed E-state index contributed by atoms with van der Waals surface area (Å²) in [4.78, 5) is 21.8. The molecule has 0 aliphatic rings. The lowest BCUT2D eigenvalue weighted by molar-refractivity contribution is -0.384. The van der Waals surface area contributed by atoms with E-state index in [-0.39, 0.29) is 24.1 Å². The minimum Gasteiger partial charge on any atom is -0.466 e. The zero-order chi connectivity index (χ0) is 13.5. The number of nitrogens with two attached hydrogens (primary N) is 1. The molecule has 0 spiro atoms. The average molecular weight is 289 g/mol. The molecule has 0 fully saturated rings. The molecule has 1 rings (SSSR count). The maximum Gasteiger partial charge on any atom is 0.313 e. The quantitative estimate of drug-likeness (QED) is 0.491. The van der Waals surface area contributed by atoms with Gasteiger partial charge in [-0.25, -0.2) is 0 Å². The fourth-order valence-corrected chi connectivity index (χ4v) is 1.66. The van der Waals surface area contributed by atoms with Crippen LogP contribution in [0.25, 0.3) is 0 Å². The lowest BCUT2D eigenvalue weighted by Gasteiger charge is -2.14. The van der Waals surface area contributed by atoms with Gasteiger partial charge in [0.25, 0.3) is 5.69 Å². The molecular formula is C12H17ClN2O4. The summed E-state index contributed by atoms with van der Waals surface area (Å²) < 4.78 is 4.96. The van der Waals surface area contributed by atoms with Crippen molar-refractivity contribution in [1.82, 2.24) is 0 Å². The minimum absolute atomic E-state index is 0. The van der Waals surface area contributed by atoms with E-state index in [1.165, 1.54) is 12.1 Å². The van der Waals surface area contributed by atoms with Gasteiger partial charge in [-0.05, 0) is 25.5 Å². The topological polar surface area (TPSA) is 95.5 Å². The number of carbonyl (C=O) groups is 1. The van der Waals surface area contributed by atoms with Crippen molar-refractivity contribution in [3.8, 4) is 0 Å². The third-order valence-electron chi connectivity index (χ3n) is 2.53. The minimum atomic E-state index is -0.480. The van der Waals surface area contributed by atoms with Crippen molar-refractivity contribution in [2.45, 2.75) is 19.3 Å². The first kappa shape index (κ1) is 17.3. The van der Waals surface area contributed by atoms with E-state index in [1.807, 2.05) is 0 Å². The Labute approximate surface area is 117 Å². The van der Waals surface area contributed by atoms with Crippen molar-refractivity contribution >= 4 is 24.1 Å². The number of ether oxygens (including phenoxy) is 1. The van der Waals surface area contributed by atoms with Gasteiger partial charge in [-0.1, -0.05) is 12.1 Å². The first-order valence-corrected chi connectivity index (χ1v) is 5.71. The highest BCUT2D eigenvalue weighted by atomic mass is 35.5. The number of nitro benzene ring substituents is 1. The molecular weight excluding hydrogens is 272 g/mol. The van der Waals surface area contributed by atoms with E-state index in [0.717, 1.165) is 0 Å². The van der Waals surface area contributed by atoms with Crippen LogP contribution in [0.4, 0.5) is 5.69 Å². The Hall–Kier alpha value is -1.66. The second-order valence-electron chi connectivity index (χ2n) is 3.73. The lowest BCUT2D eigenvalue weighted by Crippen LogP contribution is -2.19. The Morgan fingerprint density at radius 3 is 2.42 bits per heavy atom. The number of nitro groups is 1. The van der Waals surface area contributed by atoms with Crippen LogP contribution < -0.4 is 5.73 Å². The Kier molecular flexibility index (Phi) is 7.71. The van der Waals surface area contributed by atoms with Gasteiger partial charge in [0.15, 0.2) is 0 Å². The number of carbonyl (C=O) groups excluding carboxylic acids is 1. The smallest absolute Gasteiger partial charge is 0.313 e. The second-order valence-corrected chi connectivity index (χ2v) is 3.73. The molecule has 1 aromatic carbocycles. The fourth-order valence-electron chi connectivity index (χ4n) is 1.66. The summed E-state index contributed by atoms with van der Waals surface area (Å²) in [5.74, 6) is -0.812. The van der Waals surface area contributed by atoms with Gasteiger partial charge in [0.05, 0.1) is 17.4 Å². The molecule has 6 nitrogen and oxygen atoms in total. The third kappa shape index (κ3) is 4.84. The molecule has 0 aromatic heterocycles. The Bertz CT molecular complexity index is 422. The summed E-state index contributed by atoms with van der Waals surface area (Å²) in [6.07, 6.45) is 0.455. The molecule has 0 heterocycles. The van der Waals surface area contributed by atoms with Crippen LogP contribution in [0.2, 0.25) is 0 Å². The molecule has 2 N–H and O–H groups in total. The second kappa shape index (κ2) is 8.44. The molecule has 0 aliphatic carbocycles. The molecule has 106 valence electrons. The van der Waals surface area contributed by atoms with Crippen molar-refractivity contribution in [1.29, 1.82) is 0 Å². The highest BCUT2D eigenvalue weighted by molar-refractivity contribution is 5.85. The van der Waals surface area contributed by atoms with E-state index >= 15 is 0 Å². The van der Waals surface area contributed by atoms with E-state index in [0.29, 0.717) is 25.1 Å². The van der Waals surface area contributed by atoms with Crippen molar-refractivity contribution < 1.29 is 14.5 Å². The molecule has 0 saturated carbocycles. The van der Waals surface area contributed by atoms with Crippen LogP contribution in [0.5, 0.6) is 0 Å². The average Bonchev–Trinajstić information content (AvgIpc) is 2.36. The van der Waals surface area contributed by atoms with Gasteiger partial charge in [0.2, 0.25) is 0 Å². The number of hydrogen-bond acceptors (Lipinski definition) is 5. The van der Waals surface area contributed by atoms with Crippen molar-refractivity contribution in [2.75, 3.05) is 13.2 Å². The Morgan fingerprint density at radius 1 is 1.42 bits per heavy atom. The molecule has 0 amide bonds. The van der Waals surface area contributed by atoms with E-state index in [4.69, 9.17) is 10.5 Å². The van der Waals surface area contributed by atoms with E-state index in [2.05, 4.69) is 0 Å². The highest BCUT2D eigenvalue weighted by Gasteiger charge is 2.21. The summed E-state index contributed by atoms with van der Waals surface area (Å²) in [5, 5.41) is 10.5. The number of benzene rings is 1. The van der Waals surface area contributed by atoms with Gasteiger partial charge in [0.1, 0.15) is 0 Å². The number of nitrogens with zero attached hydrogens (tertiary/aromatic N) is 1. The first-order valence-electron chi connectivity index (χ1n) is 5.71. The Balaban J connectivity index is 0.00000324. The highest BCUT2D eigenvalue weighted by Crippen LogP contribution is 2.23. The van der Waals surface area contributed by atoms with Crippen LogP contribution >= 0.6 is 12.4 Å². The summed E-state index contributed by atoms with van der Waals surface area (Å²) in [6.45, 7) is 2.38. The molecule has 0 aliphatic heterocycles. The summed E-state index contributed by atoms with van der Waals surface area (Å²) in [5.41, 5.74) is 6.14. The largest absolute Gasteiger partial charge is 0.466 e. The zero-order valence-corrected chi connectivity index (χ0v) is 11.4. The van der Waals surface area contributed by atoms with Gasteiger partial charge >= 0.3 is 5.97 Å². The number of esters is 1. The van der Waals surface area contributed by atoms with Crippen LogP contribution in [-0.4, -0.2) is 24.0 Å². The number of rotatable bonds is 6. The number of halogens is 1. The standard InChI is InChI=1S/C12H16N2O4.ClH/c1-2-18-12(15)11(7-8-13)9-3-5-10(6-4-9)14(16)17;/h3-6,11H,2,7-8,13H2,1H3;1H. The van der Waals surface area contributed by atoms with E-state index < -0.39 is 10.8 Å². The van der Waals surface area contributed by atoms with E-state index in [1.54, 1.807) is 19.1 Å². The normalized spacial score (nSPS) is 11.3. The zero-order valence-electron chi connectivity index (χ0n) is 10.6. The van der Waals surface area contributed by atoms with E-state index in [9.17, 15) is 14.9 Å². The number of hydrogen-bond donors (Lipinski definition) is 1. The van der Waals surface area contributed by atoms with Gasteiger partial charge in [-0.15, -0.1) is 12.4 Å². The molecule has 0 bridgehead atoms. The third-order valence-corrected chi connectivity index (χ3v) is 2.53. The van der Waals surface area contributed by atoms with Crippen LogP contribution in [0.3, 0.4) is 0 Å².